The Labute approximate surface area is 165 Å². The highest BCUT2D eigenvalue weighted by molar-refractivity contribution is 6.00. The minimum atomic E-state index is -0.655. The topological polar surface area (TPSA) is 102 Å². The van der Waals surface area contributed by atoms with Gasteiger partial charge in [0.2, 0.25) is 0 Å². The molecule has 6 nitrogen and oxygen atoms in total. The van der Waals surface area contributed by atoms with Crippen LogP contribution < -0.4 is 5.73 Å². The molecule has 0 aromatic heterocycles. The smallest absolute Gasteiger partial charge is 0.354 e. The van der Waals surface area contributed by atoms with Crippen LogP contribution in [0.25, 0.3) is 5.57 Å². The Morgan fingerprint density at radius 1 is 1.11 bits per heavy atom. The van der Waals surface area contributed by atoms with Gasteiger partial charge in [-0.05, 0) is 23.6 Å². The highest BCUT2D eigenvalue weighted by Gasteiger charge is 2.23. The fourth-order valence-corrected chi connectivity index (χ4v) is 2.67. The molecule has 1 unspecified atom stereocenters. The Bertz CT molecular complexity index is 841. The molecule has 0 bridgehead atoms. The van der Waals surface area contributed by atoms with Crippen molar-refractivity contribution >= 4 is 11.5 Å². The Hall–Kier alpha value is -2.99. The van der Waals surface area contributed by atoms with E-state index in [9.17, 15) is 14.8 Å². The van der Waals surface area contributed by atoms with E-state index in [1.54, 1.807) is 32.9 Å². The lowest BCUT2D eigenvalue weighted by Gasteiger charge is -2.21. The summed E-state index contributed by atoms with van der Waals surface area (Å²) >= 11 is 0. The van der Waals surface area contributed by atoms with Crippen molar-refractivity contribution in [2.24, 2.45) is 16.3 Å². The van der Waals surface area contributed by atoms with Gasteiger partial charge in [-0.25, -0.2) is 4.79 Å². The van der Waals surface area contributed by atoms with Crippen LogP contribution in [0.1, 0.15) is 43.6 Å². The van der Waals surface area contributed by atoms with Gasteiger partial charge < -0.3 is 15.6 Å². The highest BCUT2D eigenvalue weighted by Crippen LogP contribution is 2.27. The summed E-state index contributed by atoms with van der Waals surface area (Å²) in [6.07, 6.45) is -0.589. The van der Waals surface area contributed by atoms with Gasteiger partial charge in [-0.2, -0.15) is 4.91 Å². The number of hydrogen-bond donors (Lipinski definition) is 2. The van der Waals surface area contributed by atoms with Crippen LogP contribution in [0.4, 0.5) is 0 Å². The molecule has 0 saturated carbocycles. The van der Waals surface area contributed by atoms with Crippen molar-refractivity contribution in [3.8, 4) is 0 Å². The first-order valence-electron chi connectivity index (χ1n) is 9.05. The normalized spacial score (nSPS) is 13.4. The van der Waals surface area contributed by atoms with Crippen molar-refractivity contribution in [2.75, 3.05) is 13.2 Å². The number of benzene rings is 2. The molecule has 0 amide bonds. The maximum Gasteiger partial charge on any atom is 0.354 e. The Kier molecular flexibility index (Phi) is 7.06. The van der Waals surface area contributed by atoms with Gasteiger partial charge in [-0.15, -0.1) is 0 Å². The Morgan fingerprint density at radius 2 is 1.68 bits per heavy atom. The molecule has 2 aromatic carbocycles. The molecule has 6 heteroatoms. The fraction of sp³-hybridized carbons (Fsp3) is 0.318. The molecule has 0 aliphatic heterocycles. The molecule has 28 heavy (non-hydrogen) atoms. The first-order chi connectivity index (χ1) is 13.2. The number of carbonyl (C=O) groups excluding carboxylic acids is 1. The lowest BCUT2D eigenvalue weighted by Crippen LogP contribution is -2.27. The molecule has 3 N–H and O–H groups in total. The largest absolute Gasteiger partial charge is 0.460 e. The van der Waals surface area contributed by atoms with Gasteiger partial charge in [0.25, 0.3) is 0 Å². The van der Waals surface area contributed by atoms with Crippen molar-refractivity contribution in [1.82, 2.24) is 0 Å². The fourth-order valence-electron chi connectivity index (χ4n) is 2.67. The second-order valence-electron chi connectivity index (χ2n) is 7.48. The molecule has 148 valence electrons. The van der Waals surface area contributed by atoms with Crippen molar-refractivity contribution in [2.45, 2.75) is 26.9 Å². The zero-order valence-electron chi connectivity index (χ0n) is 16.4. The summed E-state index contributed by atoms with van der Waals surface area (Å²) in [7, 11) is 0. The lowest BCUT2D eigenvalue weighted by atomic mass is 9.94. The van der Waals surface area contributed by atoms with E-state index < -0.39 is 17.5 Å². The van der Waals surface area contributed by atoms with Crippen LogP contribution in [0.5, 0.6) is 0 Å². The Morgan fingerprint density at radius 3 is 2.21 bits per heavy atom. The number of carbonyl (C=O) groups is 1. The molecule has 0 fully saturated rings. The number of aliphatic hydroxyl groups is 1. The van der Waals surface area contributed by atoms with Crippen molar-refractivity contribution in [3.63, 3.8) is 0 Å². The van der Waals surface area contributed by atoms with E-state index in [2.05, 4.69) is 5.18 Å². The summed E-state index contributed by atoms with van der Waals surface area (Å²) in [4.78, 5) is 23.1. The number of aliphatic hydroxyl groups excluding tert-OH is 1. The minimum Gasteiger partial charge on any atom is -0.460 e. The van der Waals surface area contributed by atoms with Gasteiger partial charge in [0.05, 0.1) is 19.3 Å². The summed E-state index contributed by atoms with van der Waals surface area (Å²) in [5, 5.41) is 12.6. The monoisotopic (exact) mass is 382 g/mol. The lowest BCUT2D eigenvalue weighted by molar-refractivity contribution is -0.141. The third kappa shape index (κ3) is 5.50. The van der Waals surface area contributed by atoms with Crippen LogP contribution >= 0.6 is 0 Å². The second-order valence-corrected chi connectivity index (χ2v) is 7.48. The van der Waals surface area contributed by atoms with E-state index in [-0.39, 0.29) is 18.8 Å². The predicted octanol–water partition coefficient (Wildman–Crippen LogP) is 3.79. The van der Waals surface area contributed by atoms with Crippen LogP contribution in [-0.4, -0.2) is 24.2 Å². The van der Waals surface area contributed by atoms with Gasteiger partial charge in [-0.1, -0.05) is 73.6 Å². The highest BCUT2D eigenvalue weighted by atomic mass is 16.5. The molecule has 0 radical (unpaired) electrons. The minimum absolute atomic E-state index is 0.0224. The molecule has 2 rings (SSSR count). The second kappa shape index (κ2) is 9.28. The van der Waals surface area contributed by atoms with Gasteiger partial charge in [0.15, 0.2) is 0 Å². The van der Waals surface area contributed by atoms with Gasteiger partial charge >= 0.3 is 5.97 Å². The van der Waals surface area contributed by atoms with Crippen LogP contribution in [-0.2, 0) is 9.53 Å². The van der Waals surface area contributed by atoms with Crippen LogP contribution in [0, 0.1) is 10.3 Å². The Balaban J connectivity index is 2.40. The third-order valence-corrected chi connectivity index (χ3v) is 4.32. The summed E-state index contributed by atoms with van der Waals surface area (Å²) < 4.78 is 5.35. The number of nitrogens with two attached hydrogens (primary N) is 1. The maximum atomic E-state index is 12.6. The molecule has 0 heterocycles. The zero-order valence-corrected chi connectivity index (χ0v) is 16.4. The number of hydrogen-bond acceptors (Lipinski definition) is 6. The van der Waals surface area contributed by atoms with Gasteiger partial charge in [0, 0.05) is 11.0 Å². The van der Waals surface area contributed by atoms with Gasteiger partial charge in [0.1, 0.15) is 5.70 Å². The zero-order chi connectivity index (χ0) is 20.7. The predicted molar refractivity (Wildman–Crippen MR) is 109 cm³/mol. The third-order valence-electron chi connectivity index (χ3n) is 4.32. The SMILES string of the molecule is CC(O)c1ccc(/C(=C(\N)C(=O)OCC(C)(C)CN=O)c2ccccc2)cc1. The van der Waals surface area contributed by atoms with Crippen molar-refractivity contribution < 1.29 is 14.6 Å². The number of nitroso groups, excluding NO2 is 1. The van der Waals surface area contributed by atoms with E-state index in [4.69, 9.17) is 10.5 Å². The van der Waals surface area contributed by atoms with Crippen LogP contribution in [0.2, 0.25) is 0 Å². The van der Waals surface area contributed by atoms with E-state index in [0.29, 0.717) is 5.57 Å². The summed E-state index contributed by atoms with van der Waals surface area (Å²) in [5.74, 6) is -0.655. The summed E-state index contributed by atoms with van der Waals surface area (Å²) in [6, 6.07) is 16.5. The average Bonchev–Trinajstić information content (AvgIpc) is 2.67. The molecule has 0 saturated heterocycles. The molecule has 0 aliphatic carbocycles. The van der Waals surface area contributed by atoms with E-state index in [1.165, 1.54) is 0 Å². The summed E-state index contributed by atoms with van der Waals surface area (Å²) in [6.45, 7) is 5.32. The van der Waals surface area contributed by atoms with Crippen LogP contribution in [0.3, 0.4) is 0 Å². The van der Waals surface area contributed by atoms with Gasteiger partial charge in [-0.3, -0.25) is 0 Å². The average molecular weight is 382 g/mol. The molecule has 2 aromatic rings. The number of rotatable bonds is 8. The number of esters is 1. The quantitative estimate of drug-likeness (QED) is 0.411. The standard InChI is InChI=1S/C22H26N2O4/c1-15(25)16-9-11-18(12-10-16)19(17-7-5-4-6-8-17)20(23)21(26)28-14-22(2,3)13-24-27/h4-12,15,25H,13-14,23H2,1-3H3/b20-19-. The summed E-state index contributed by atoms with van der Waals surface area (Å²) in [5.41, 5.74) is 8.43. The number of nitrogens with zero attached hydrogens (tertiary/aromatic N) is 1. The number of ether oxygens (including phenoxy) is 1. The molecule has 0 spiro atoms. The molecule has 1 atom stereocenters. The van der Waals surface area contributed by atoms with Crippen LogP contribution in [0.15, 0.2) is 65.5 Å². The molecular formula is C22H26N2O4. The van der Waals surface area contributed by atoms with E-state index >= 15 is 0 Å². The first-order valence-corrected chi connectivity index (χ1v) is 9.05. The van der Waals surface area contributed by atoms with E-state index in [0.717, 1.165) is 16.7 Å². The molecular weight excluding hydrogens is 356 g/mol. The maximum absolute atomic E-state index is 12.6. The first kappa shape index (κ1) is 21.3. The van der Waals surface area contributed by atoms with E-state index in [1.807, 2.05) is 42.5 Å². The van der Waals surface area contributed by atoms with Crippen molar-refractivity contribution in [3.05, 3.63) is 81.9 Å². The molecule has 0 aliphatic rings. The van der Waals surface area contributed by atoms with Crippen molar-refractivity contribution in [1.29, 1.82) is 0 Å².